The number of carbonyl (C=O) groups excluding carboxylic acids is 2. The predicted molar refractivity (Wildman–Crippen MR) is 106 cm³/mol. The Labute approximate surface area is 167 Å². The highest BCUT2D eigenvalue weighted by Gasteiger charge is 2.13. The summed E-state index contributed by atoms with van der Waals surface area (Å²) < 4.78 is 10.8. The van der Waals surface area contributed by atoms with Crippen molar-refractivity contribution in [2.45, 2.75) is 6.61 Å². The maximum Gasteiger partial charge on any atom is 0.287 e. The Morgan fingerprint density at radius 3 is 2.36 bits per heavy atom. The zero-order valence-corrected chi connectivity index (χ0v) is 15.7. The third-order valence-electron chi connectivity index (χ3n) is 3.91. The van der Waals surface area contributed by atoms with E-state index in [0.29, 0.717) is 16.3 Å². The fourth-order valence-corrected chi connectivity index (χ4v) is 2.68. The molecule has 3 aromatic rings. The van der Waals surface area contributed by atoms with Crippen LogP contribution in [0.1, 0.15) is 26.5 Å². The van der Waals surface area contributed by atoms with Crippen LogP contribution >= 0.6 is 11.6 Å². The summed E-state index contributed by atoms with van der Waals surface area (Å²) in [4.78, 5) is 24.2. The van der Waals surface area contributed by atoms with Gasteiger partial charge in [0.25, 0.3) is 11.8 Å². The van der Waals surface area contributed by atoms with Gasteiger partial charge in [-0.1, -0.05) is 41.9 Å². The summed E-state index contributed by atoms with van der Waals surface area (Å²) in [6.07, 6.45) is 1.43. The van der Waals surface area contributed by atoms with Gasteiger partial charge in [-0.2, -0.15) is 0 Å². The smallest absolute Gasteiger partial charge is 0.287 e. The number of rotatable bonds is 8. The number of ether oxygens (including phenoxy) is 1. The quantitative estimate of drug-likeness (QED) is 0.567. The van der Waals surface area contributed by atoms with E-state index in [4.69, 9.17) is 20.8 Å². The van der Waals surface area contributed by atoms with Gasteiger partial charge >= 0.3 is 0 Å². The van der Waals surface area contributed by atoms with Crippen LogP contribution < -0.4 is 15.4 Å². The van der Waals surface area contributed by atoms with Gasteiger partial charge in [-0.15, -0.1) is 0 Å². The Morgan fingerprint density at radius 2 is 1.61 bits per heavy atom. The third-order valence-corrected chi connectivity index (χ3v) is 4.28. The molecule has 3 rings (SSSR count). The lowest BCUT2D eigenvalue weighted by atomic mass is 10.2. The van der Waals surface area contributed by atoms with Gasteiger partial charge in [-0.05, 0) is 30.3 Å². The monoisotopic (exact) mass is 398 g/mol. The molecule has 0 aliphatic rings. The molecule has 0 atom stereocenters. The van der Waals surface area contributed by atoms with Crippen LogP contribution in [-0.2, 0) is 6.61 Å². The van der Waals surface area contributed by atoms with Gasteiger partial charge in [-0.25, -0.2) is 0 Å². The number of nitrogens with one attached hydrogen (secondary N) is 2. The lowest BCUT2D eigenvalue weighted by Crippen LogP contribution is -2.34. The van der Waals surface area contributed by atoms with Crippen LogP contribution in [0.3, 0.4) is 0 Å². The minimum absolute atomic E-state index is 0.227. The molecule has 0 radical (unpaired) electrons. The molecule has 28 heavy (non-hydrogen) atoms. The number of carbonyl (C=O) groups is 2. The topological polar surface area (TPSA) is 80.6 Å². The number of para-hydroxylation sites is 1. The van der Waals surface area contributed by atoms with Gasteiger partial charge in [0.05, 0.1) is 11.8 Å². The molecule has 2 N–H and O–H groups in total. The summed E-state index contributed by atoms with van der Waals surface area (Å²) in [6, 6.07) is 17.5. The Morgan fingerprint density at radius 1 is 0.893 bits per heavy atom. The van der Waals surface area contributed by atoms with Crippen LogP contribution in [0.15, 0.2) is 71.3 Å². The van der Waals surface area contributed by atoms with E-state index in [2.05, 4.69) is 10.6 Å². The van der Waals surface area contributed by atoms with E-state index in [1.165, 1.54) is 6.26 Å². The molecule has 0 aliphatic heterocycles. The number of amides is 2. The Balaban J connectivity index is 1.52. The molecule has 2 aromatic carbocycles. The summed E-state index contributed by atoms with van der Waals surface area (Å²) in [7, 11) is 0. The van der Waals surface area contributed by atoms with Crippen molar-refractivity contribution < 1.29 is 18.7 Å². The zero-order chi connectivity index (χ0) is 19.8. The molecule has 2 amide bonds. The number of benzene rings is 2. The summed E-state index contributed by atoms with van der Waals surface area (Å²) >= 11 is 6.14. The molecule has 1 aromatic heterocycles. The van der Waals surface area contributed by atoms with E-state index in [1.54, 1.807) is 42.5 Å². The van der Waals surface area contributed by atoms with E-state index in [1.807, 2.05) is 18.2 Å². The van der Waals surface area contributed by atoms with Crippen LogP contribution in [0.5, 0.6) is 5.75 Å². The SMILES string of the molecule is O=C(NCCNC(=O)c1ccccc1OCc1ccccc1Cl)c1ccco1. The van der Waals surface area contributed by atoms with Crippen molar-refractivity contribution in [3.63, 3.8) is 0 Å². The van der Waals surface area contributed by atoms with Crippen molar-refractivity contribution in [2.75, 3.05) is 13.1 Å². The van der Waals surface area contributed by atoms with Gasteiger partial charge in [0, 0.05) is 23.7 Å². The van der Waals surface area contributed by atoms with Gasteiger partial charge in [-0.3, -0.25) is 9.59 Å². The number of hydrogen-bond donors (Lipinski definition) is 2. The fourth-order valence-electron chi connectivity index (χ4n) is 2.49. The Bertz CT molecular complexity index is 941. The molecule has 0 fully saturated rings. The fraction of sp³-hybridized carbons (Fsp3) is 0.143. The summed E-state index contributed by atoms with van der Waals surface area (Å²) in [6.45, 7) is 0.793. The predicted octanol–water partition coefficient (Wildman–Crippen LogP) is 3.67. The zero-order valence-electron chi connectivity index (χ0n) is 15.0. The number of halogens is 1. The van der Waals surface area contributed by atoms with Crippen LogP contribution in [0.2, 0.25) is 5.02 Å². The van der Waals surface area contributed by atoms with Crippen molar-refractivity contribution in [3.05, 3.63) is 88.8 Å². The molecule has 1 heterocycles. The summed E-state index contributed by atoms with van der Waals surface area (Å²) in [5.74, 6) is 0.0638. The van der Waals surface area contributed by atoms with E-state index in [9.17, 15) is 9.59 Å². The lowest BCUT2D eigenvalue weighted by molar-refractivity contribution is 0.0909. The molecule has 0 saturated carbocycles. The standard InChI is InChI=1S/C21H19ClN2O4/c22-17-8-3-1-6-15(17)14-28-18-9-4-2-7-16(18)20(25)23-11-12-24-21(26)19-10-5-13-27-19/h1-10,13H,11-12,14H2,(H,23,25)(H,24,26). The molecule has 0 aliphatic carbocycles. The van der Waals surface area contributed by atoms with E-state index in [0.717, 1.165) is 5.56 Å². The molecule has 0 spiro atoms. The van der Waals surface area contributed by atoms with Crippen molar-refractivity contribution >= 4 is 23.4 Å². The van der Waals surface area contributed by atoms with Crippen molar-refractivity contribution in [1.29, 1.82) is 0 Å². The minimum Gasteiger partial charge on any atom is -0.488 e. The summed E-state index contributed by atoms with van der Waals surface area (Å²) in [5.41, 5.74) is 1.24. The van der Waals surface area contributed by atoms with Crippen LogP contribution in [0.25, 0.3) is 0 Å². The van der Waals surface area contributed by atoms with Gasteiger partial charge in [0.15, 0.2) is 5.76 Å². The molecular weight excluding hydrogens is 380 g/mol. The molecular formula is C21H19ClN2O4. The number of furan rings is 1. The largest absolute Gasteiger partial charge is 0.488 e. The highest BCUT2D eigenvalue weighted by Crippen LogP contribution is 2.21. The Kier molecular flexibility index (Phi) is 6.70. The van der Waals surface area contributed by atoms with Gasteiger partial charge < -0.3 is 19.8 Å². The van der Waals surface area contributed by atoms with Crippen molar-refractivity contribution in [2.24, 2.45) is 0 Å². The molecule has 7 heteroatoms. The molecule has 0 saturated heterocycles. The molecule has 0 unspecified atom stereocenters. The molecule has 144 valence electrons. The first-order valence-corrected chi connectivity index (χ1v) is 9.08. The minimum atomic E-state index is -0.331. The first-order valence-electron chi connectivity index (χ1n) is 8.70. The van der Waals surface area contributed by atoms with Crippen molar-refractivity contribution in [1.82, 2.24) is 10.6 Å². The van der Waals surface area contributed by atoms with Crippen LogP contribution in [0, 0.1) is 0 Å². The lowest BCUT2D eigenvalue weighted by Gasteiger charge is -2.12. The van der Waals surface area contributed by atoms with Crippen molar-refractivity contribution in [3.8, 4) is 5.75 Å². The average Bonchev–Trinajstić information content (AvgIpc) is 3.25. The van der Waals surface area contributed by atoms with E-state index < -0.39 is 0 Å². The second-order valence-corrected chi connectivity index (χ2v) is 6.27. The highest BCUT2D eigenvalue weighted by atomic mass is 35.5. The maximum atomic E-state index is 12.5. The number of hydrogen-bond acceptors (Lipinski definition) is 4. The van der Waals surface area contributed by atoms with Gasteiger partial charge in [0.1, 0.15) is 12.4 Å². The van der Waals surface area contributed by atoms with Crippen LogP contribution in [-0.4, -0.2) is 24.9 Å². The second kappa shape index (κ2) is 9.62. The highest BCUT2D eigenvalue weighted by molar-refractivity contribution is 6.31. The van der Waals surface area contributed by atoms with Gasteiger partial charge in [0.2, 0.25) is 0 Å². The second-order valence-electron chi connectivity index (χ2n) is 5.87. The first-order chi connectivity index (χ1) is 13.6. The average molecular weight is 399 g/mol. The maximum absolute atomic E-state index is 12.5. The molecule has 6 nitrogen and oxygen atoms in total. The first kappa shape index (κ1) is 19.5. The third kappa shape index (κ3) is 5.14. The van der Waals surface area contributed by atoms with E-state index in [-0.39, 0.29) is 37.3 Å². The van der Waals surface area contributed by atoms with Crippen LogP contribution in [0.4, 0.5) is 0 Å². The van der Waals surface area contributed by atoms with E-state index >= 15 is 0 Å². The normalized spacial score (nSPS) is 10.3. The summed E-state index contributed by atoms with van der Waals surface area (Å²) in [5, 5.41) is 6.03. The Hall–Kier alpha value is -3.25. The molecule has 0 bridgehead atoms.